The van der Waals surface area contributed by atoms with Crippen molar-refractivity contribution in [1.82, 2.24) is 4.98 Å². The van der Waals surface area contributed by atoms with Crippen molar-refractivity contribution in [2.75, 3.05) is 17.7 Å². The minimum Gasteiger partial charge on any atom is -0.373 e. The van der Waals surface area contributed by atoms with Crippen LogP contribution in [0.2, 0.25) is 0 Å². The molecule has 1 aromatic carbocycles. The maximum atomic E-state index is 13.1. The van der Waals surface area contributed by atoms with E-state index in [2.05, 4.69) is 31.5 Å². The fraction of sp³-hybridized carbons (Fsp3) is 0.0833. The summed E-state index contributed by atoms with van der Waals surface area (Å²) in [5.41, 5.74) is 1.70. The van der Waals surface area contributed by atoms with Crippen molar-refractivity contribution in [3.8, 4) is 0 Å². The molecule has 0 saturated heterocycles. The van der Waals surface area contributed by atoms with E-state index in [9.17, 15) is 4.39 Å². The first kappa shape index (κ1) is 11.9. The van der Waals surface area contributed by atoms with Crippen molar-refractivity contribution in [1.29, 1.82) is 0 Å². The quantitative estimate of drug-likeness (QED) is 0.905. The number of nitrogens with one attached hydrogen (secondary N) is 2. The third-order valence-electron chi connectivity index (χ3n) is 2.22. The van der Waals surface area contributed by atoms with Crippen molar-refractivity contribution in [2.24, 2.45) is 0 Å². The summed E-state index contributed by atoms with van der Waals surface area (Å²) in [4.78, 5) is 4.11. The van der Waals surface area contributed by atoms with Crippen LogP contribution in [0.1, 0.15) is 0 Å². The van der Waals surface area contributed by atoms with Gasteiger partial charge in [-0.2, -0.15) is 0 Å². The average Bonchev–Trinajstić information content (AvgIpc) is 2.34. The lowest BCUT2D eigenvalue weighted by atomic mass is 10.3. The third kappa shape index (κ3) is 2.94. The van der Waals surface area contributed by atoms with Crippen LogP contribution in [-0.4, -0.2) is 12.0 Å². The van der Waals surface area contributed by atoms with E-state index in [1.807, 2.05) is 12.1 Å². The van der Waals surface area contributed by atoms with Gasteiger partial charge in [-0.1, -0.05) is 0 Å². The molecule has 0 fully saturated rings. The molecule has 88 valence electrons. The largest absolute Gasteiger partial charge is 0.373 e. The van der Waals surface area contributed by atoms with Crippen LogP contribution in [0.3, 0.4) is 0 Å². The van der Waals surface area contributed by atoms with Gasteiger partial charge in [0.05, 0.1) is 4.47 Å². The topological polar surface area (TPSA) is 37.0 Å². The Kier molecular flexibility index (Phi) is 3.58. The van der Waals surface area contributed by atoms with E-state index in [1.54, 1.807) is 25.4 Å². The predicted octanol–water partition coefficient (Wildman–Crippen LogP) is 3.77. The molecule has 0 aliphatic rings. The highest BCUT2D eigenvalue weighted by molar-refractivity contribution is 9.10. The zero-order valence-electron chi connectivity index (χ0n) is 9.17. The van der Waals surface area contributed by atoms with E-state index in [0.29, 0.717) is 4.47 Å². The number of rotatable bonds is 3. The summed E-state index contributed by atoms with van der Waals surface area (Å²) in [5, 5.41) is 6.12. The number of nitrogens with zero attached hydrogens (tertiary/aromatic N) is 1. The molecule has 2 rings (SSSR count). The Hall–Kier alpha value is -1.62. The van der Waals surface area contributed by atoms with Gasteiger partial charge in [0.2, 0.25) is 0 Å². The first-order valence-corrected chi connectivity index (χ1v) is 5.84. The SMILES string of the molecule is CNc1cc(Nc2ccc(F)c(Br)c2)ccn1. The molecule has 2 N–H and O–H groups in total. The van der Waals surface area contributed by atoms with Gasteiger partial charge in [-0.05, 0) is 40.2 Å². The lowest BCUT2D eigenvalue weighted by Gasteiger charge is -2.08. The molecule has 17 heavy (non-hydrogen) atoms. The standard InChI is InChI=1S/C12H11BrFN3/c1-15-12-7-9(4-5-16-12)17-8-2-3-11(14)10(13)6-8/h2-7H,1H3,(H2,15,16,17). The van der Waals surface area contributed by atoms with E-state index < -0.39 is 0 Å². The molecule has 1 heterocycles. The van der Waals surface area contributed by atoms with Crippen molar-refractivity contribution in [2.45, 2.75) is 0 Å². The van der Waals surface area contributed by atoms with Crippen molar-refractivity contribution >= 4 is 33.1 Å². The Morgan fingerprint density at radius 2 is 1.94 bits per heavy atom. The predicted molar refractivity (Wildman–Crippen MR) is 71.2 cm³/mol. The van der Waals surface area contributed by atoms with Gasteiger partial charge in [0.15, 0.2) is 0 Å². The second-order valence-corrected chi connectivity index (χ2v) is 4.29. The second kappa shape index (κ2) is 5.14. The minimum absolute atomic E-state index is 0.277. The number of hydrogen-bond acceptors (Lipinski definition) is 3. The molecule has 0 unspecified atom stereocenters. The van der Waals surface area contributed by atoms with Gasteiger partial charge in [0, 0.05) is 30.7 Å². The van der Waals surface area contributed by atoms with Gasteiger partial charge in [0.25, 0.3) is 0 Å². The number of pyridine rings is 1. The molecule has 0 atom stereocenters. The molecular weight excluding hydrogens is 285 g/mol. The maximum absolute atomic E-state index is 13.1. The van der Waals surface area contributed by atoms with E-state index in [-0.39, 0.29) is 5.82 Å². The lowest BCUT2D eigenvalue weighted by molar-refractivity contribution is 0.621. The monoisotopic (exact) mass is 295 g/mol. The molecule has 3 nitrogen and oxygen atoms in total. The van der Waals surface area contributed by atoms with Crippen LogP contribution in [0.25, 0.3) is 0 Å². The average molecular weight is 296 g/mol. The minimum atomic E-state index is -0.277. The summed E-state index contributed by atoms with van der Waals surface area (Å²) < 4.78 is 13.5. The van der Waals surface area contributed by atoms with Crippen LogP contribution in [0, 0.1) is 5.82 Å². The second-order valence-electron chi connectivity index (χ2n) is 3.43. The highest BCUT2D eigenvalue weighted by Crippen LogP contribution is 2.23. The zero-order chi connectivity index (χ0) is 12.3. The number of benzene rings is 1. The Bertz CT molecular complexity index is 531. The Morgan fingerprint density at radius 1 is 1.18 bits per heavy atom. The highest BCUT2D eigenvalue weighted by atomic mass is 79.9. The van der Waals surface area contributed by atoms with E-state index in [0.717, 1.165) is 17.2 Å². The fourth-order valence-electron chi connectivity index (χ4n) is 1.39. The molecule has 0 bridgehead atoms. The van der Waals surface area contributed by atoms with Crippen molar-refractivity contribution < 1.29 is 4.39 Å². The van der Waals surface area contributed by atoms with Crippen molar-refractivity contribution in [3.05, 3.63) is 46.8 Å². The number of hydrogen-bond donors (Lipinski definition) is 2. The van der Waals surface area contributed by atoms with Crippen LogP contribution in [-0.2, 0) is 0 Å². The van der Waals surface area contributed by atoms with E-state index in [4.69, 9.17) is 0 Å². The Labute approximate surface area is 107 Å². The fourth-order valence-corrected chi connectivity index (χ4v) is 1.76. The molecule has 0 saturated carbocycles. The first-order valence-electron chi connectivity index (χ1n) is 5.05. The molecule has 0 spiro atoms. The summed E-state index contributed by atoms with van der Waals surface area (Å²) in [7, 11) is 1.81. The Morgan fingerprint density at radius 3 is 2.65 bits per heavy atom. The van der Waals surface area contributed by atoms with Gasteiger partial charge >= 0.3 is 0 Å². The normalized spacial score (nSPS) is 10.1. The zero-order valence-corrected chi connectivity index (χ0v) is 10.8. The molecular formula is C12H11BrFN3. The molecule has 1 aromatic heterocycles. The Balaban J connectivity index is 2.22. The molecule has 2 aromatic rings. The number of halogens is 2. The van der Waals surface area contributed by atoms with Gasteiger partial charge < -0.3 is 10.6 Å². The van der Waals surface area contributed by atoms with Crippen LogP contribution in [0.15, 0.2) is 41.0 Å². The smallest absolute Gasteiger partial charge is 0.137 e. The van der Waals surface area contributed by atoms with Crippen LogP contribution in [0.5, 0.6) is 0 Å². The molecule has 0 aliphatic carbocycles. The first-order chi connectivity index (χ1) is 8.19. The third-order valence-corrected chi connectivity index (χ3v) is 2.83. The summed E-state index contributed by atoms with van der Waals surface area (Å²) in [6.07, 6.45) is 1.70. The van der Waals surface area contributed by atoms with Gasteiger partial charge in [-0.25, -0.2) is 9.37 Å². The van der Waals surface area contributed by atoms with Crippen LogP contribution in [0.4, 0.5) is 21.6 Å². The number of aromatic nitrogens is 1. The summed E-state index contributed by atoms with van der Waals surface area (Å²) in [5.74, 6) is 0.498. The summed E-state index contributed by atoms with van der Waals surface area (Å²) in [6, 6.07) is 8.50. The van der Waals surface area contributed by atoms with Crippen LogP contribution >= 0.6 is 15.9 Å². The molecule has 0 radical (unpaired) electrons. The van der Waals surface area contributed by atoms with Gasteiger partial charge in [0.1, 0.15) is 11.6 Å². The van der Waals surface area contributed by atoms with Gasteiger partial charge in [-0.3, -0.25) is 0 Å². The maximum Gasteiger partial charge on any atom is 0.137 e. The summed E-state index contributed by atoms with van der Waals surface area (Å²) in [6.45, 7) is 0. The number of anilines is 3. The van der Waals surface area contributed by atoms with Gasteiger partial charge in [-0.15, -0.1) is 0 Å². The molecule has 0 amide bonds. The molecule has 5 heteroatoms. The van der Waals surface area contributed by atoms with E-state index in [1.165, 1.54) is 6.07 Å². The highest BCUT2D eigenvalue weighted by Gasteiger charge is 2.01. The lowest BCUT2D eigenvalue weighted by Crippen LogP contribution is -1.95. The molecule has 0 aliphatic heterocycles. The summed E-state index contributed by atoms with van der Waals surface area (Å²) >= 11 is 3.15. The van der Waals surface area contributed by atoms with Crippen LogP contribution < -0.4 is 10.6 Å². The van der Waals surface area contributed by atoms with Crippen molar-refractivity contribution in [3.63, 3.8) is 0 Å². The van der Waals surface area contributed by atoms with E-state index >= 15 is 0 Å².